The molecular weight excluding hydrogens is 368 g/mol. The summed E-state index contributed by atoms with van der Waals surface area (Å²) in [6.45, 7) is 5.62. The lowest BCUT2D eigenvalue weighted by atomic mass is 9.91. The summed E-state index contributed by atoms with van der Waals surface area (Å²) in [6, 6.07) is 5.85. The zero-order valence-electron chi connectivity index (χ0n) is 16.8. The number of nitrogens with one attached hydrogen (secondary N) is 2. The molecule has 1 aromatic carbocycles. The summed E-state index contributed by atoms with van der Waals surface area (Å²) < 4.78 is 0. The minimum Gasteiger partial charge on any atom is -0.383 e. The second kappa shape index (κ2) is 7.69. The maximum absolute atomic E-state index is 13.1. The molecule has 4 rings (SSSR count). The van der Waals surface area contributed by atoms with Crippen LogP contribution >= 0.6 is 0 Å². The second-order valence-corrected chi connectivity index (χ2v) is 7.83. The zero-order chi connectivity index (χ0) is 20.5. The van der Waals surface area contributed by atoms with Gasteiger partial charge < -0.3 is 21.3 Å². The summed E-state index contributed by atoms with van der Waals surface area (Å²) in [6.07, 6.45) is 3.36. The number of anilines is 4. The van der Waals surface area contributed by atoms with Crippen molar-refractivity contribution in [2.45, 2.75) is 45.4 Å². The number of carbonyl (C=O) groups is 2. The summed E-state index contributed by atoms with van der Waals surface area (Å²) >= 11 is 0. The first kappa shape index (κ1) is 19.2. The van der Waals surface area contributed by atoms with Gasteiger partial charge in [0.2, 0.25) is 17.8 Å². The average Bonchev–Trinajstić information content (AvgIpc) is 2.70. The minimum atomic E-state index is -0.728. The Morgan fingerprint density at radius 1 is 1.21 bits per heavy atom. The quantitative estimate of drug-likeness (QED) is 0.738. The third kappa shape index (κ3) is 3.87. The van der Waals surface area contributed by atoms with Gasteiger partial charge in [0.1, 0.15) is 11.6 Å². The molecule has 1 fully saturated rings. The van der Waals surface area contributed by atoms with Crippen LogP contribution in [0.1, 0.15) is 48.3 Å². The SMILES string of the molecule is Cc1ccc(C)c(NC(=O)[C@H]2CC(=O)Nc3nc(N4CCCCC4)nc(N)c32)c1. The Morgan fingerprint density at radius 3 is 2.72 bits per heavy atom. The zero-order valence-corrected chi connectivity index (χ0v) is 16.8. The number of fused-ring (bicyclic) bond motifs is 1. The van der Waals surface area contributed by atoms with E-state index in [1.165, 1.54) is 6.42 Å². The van der Waals surface area contributed by atoms with Gasteiger partial charge in [0.15, 0.2) is 0 Å². The maximum atomic E-state index is 13.1. The molecular formula is C21H26N6O2. The first-order chi connectivity index (χ1) is 13.9. The number of aryl methyl sites for hydroxylation is 2. The Bertz CT molecular complexity index is 968. The monoisotopic (exact) mass is 394 g/mol. The normalized spacial score (nSPS) is 18.8. The maximum Gasteiger partial charge on any atom is 0.232 e. The molecule has 0 bridgehead atoms. The van der Waals surface area contributed by atoms with E-state index in [-0.39, 0.29) is 24.1 Å². The predicted molar refractivity (Wildman–Crippen MR) is 113 cm³/mol. The van der Waals surface area contributed by atoms with E-state index >= 15 is 0 Å². The fourth-order valence-corrected chi connectivity index (χ4v) is 3.93. The van der Waals surface area contributed by atoms with Crippen molar-refractivity contribution in [1.82, 2.24) is 9.97 Å². The van der Waals surface area contributed by atoms with E-state index in [0.717, 1.165) is 42.7 Å². The number of nitrogens with two attached hydrogens (primary N) is 1. The lowest BCUT2D eigenvalue weighted by molar-refractivity contribution is -0.123. The van der Waals surface area contributed by atoms with E-state index in [9.17, 15) is 9.59 Å². The molecule has 0 unspecified atom stereocenters. The van der Waals surface area contributed by atoms with Crippen LogP contribution in [-0.2, 0) is 9.59 Å². The van der Waals surface area contributed by atoms with Gasteiger partial charge in [-0.2, -0.15) is 9.97 Å². The van der Waals surface area contributed by atoms with Crippen molar-refractivity contribution >= 4 is 35.1 Å². The van der Waals surface area contributed by atoms with Crippen molar-refractivity contribution in [2.24, 2.45) is 0 Å². The number of nitrogens with zero attached hydrogens (tertiary/aromatic N) is 3. The van der Waals surface area contributed by atoms with E-state index in [4.69, 9.17) is 5.73 Å². The first-order valence-corrected chi connectivity index (χ1v) is 10.0. The van der Waals surface area contributed by atoms with Crippen LogP contribution in [0.5, 0.6) is 0 Å². The topological polar surface area (TPSA) is 113 Å². The van der Waals surface area contributed by atoms with Crippen LogP contribution in [0, 0.1) is 13.8 Å². The van der Waals surface area contributed by atoms with Gasteiger partial charge in [-0.05, 0) is 50.3 Å². The molecule has 2 aliphatic heterocycles. The molecule has 8 heteroatoms. The molecule has 1 atom stereocenters. The van der Waals surface area contributed by atoms with Crippen LogP contribution in [-0.4, -0.2) is 34.9 Å². The molecule has 152 valence electrons. The van der Waals surface area contributed by atoms with Crippen LogP contribution in [0.3, 0.4) is 0 Å². The minimum absolute atomic E-state index is 0.0142. The van der Waals surface area contributed by atoms with E-state index in [1.54, 1.807) is 0 Å². The molecule has 1 saturated heterocycles. The third-order valence-corrected chi connectivity index (χ3v) is 5.57. The van der Waals surface area contributed by atoms with Crippen LogP contribution < -0.4 is 21.3 Å². The van der Waals surface area contributed by atoms with Gasteiger partial charge in [-0.3, -0.25) is 9.59 Å². The van der Waals surface area contributed by atoms with Gasteiger partial charge in [-0.1, -0.05) is 12.1 Å². The lowest BCUT2D eigenvalue weighted by Crippen LogP contribution is -2.35. The highest BCUT2D eigenvalue weighted by molar-refractivity contribution is 6.05. The van der Waals surface area contributed by atoms with E-state index in [2.05, 4.69) is 25.5 Å². The van der Waals surface area contributed by atoms with Crippen molar-refractivity contribution in [2.75, 3.05) is 34.4 Å². The van der Waals surface area contributed by atoms with Crippen molar-refractivity contribution in [3.8, 4) is 0 Å². The molecule has 0 spiro atoms. The summed E-state index contributed by atoms with van der Waals surface area (Å²) in [5, 5.41) is 5.72. The van der Waals surface area contributed by atoms with Crippen molar-refractivity contribution < 1.29 is 9.59 Å². The van der Waals surface area contributed by atoms with Gasteiger partial charge in [-0.25, -0.2) is 0 Å². The largest absolute Gasteiger partial charge is 0.383 e. The molecule has 1 aromatic heterocycles. The van der Waals surface area contributed by atoms with E-state index in [0.29, 0.717) is 17.3 Å². The number of amides is 2. The summed E-state index contributed by atoms with van der Waals surface area (Å²) in [5.41, 5.74) is 9.48. The Kier molecular flexibility index (Phi) is 5.08. The number of hydrogen-bond acceptors (Lipinski definition) is 6. The molecule has 3 heterocycles. The van der Waals surface area contributed by atoms with Gasteiger partial charge in [0.05, 0.1) is 11.5 Å². The summed E-state index contributed by atoms with van der Waals surface area (Å²) in [7, 11) is 0. The standard InChI is InChI=1S/C21H26N6O2/c1-12-6-7-13(2)15(10-12)23-20(29)14-11-16(28)24-19-17(14)18(22)25-21(26-19)27-8-4-3-5-9-27/h6-7,10,14H,3-5,8-9,11H2,1-2H3,(H,23,29)(H3,22,24,25,26,28)/t14-/m0/s1. The van der Waals surface area contributed by atoms with Crippen LogP contribution in [0.2, 0.25) is 0 Å². The number of hydrogen-bond donors (Lipinski definition) is 3. The molecule has 4 N–H and O–H groups in total. The molecule has 2 aliphatic rings. The van der Waals surface area contributed by atoms with Crippen LogP contribution in [0.4, 0.5) is 23.3 Å². The molecule has 2 amide bonds. The summed E-state index contributed by atoms with van der Waals surface area (Å²) in [4.78, 5) is 36.5. The molecule has 0 aliphatic carbocycles. The number of piperidine rings is 1. The Balaban J connectivity index is 1.65. The van der Waals surface area contributed by atoms with Crippen molar-refractivity contribution in [1.29, 1.82) is 0 Å². The fraction of sp³-hybridized carbons (Fsp3) is 0.429. The van der Waals surface area contributed by atoms with Gasteiger partial charge in [0, 0.05) is 25.2 Å². The lowest BCUT2D eigenvalue weighted by Gasteiger charge is -2.30. The Morgan fingerprint density at radius 2 is 1.97 bits per heavy atom. The highest BCUT2D eigenvalue weighted by atomic mass is 16.2. The predicted octanol–water partition coefficient (Wildman–Crippen LogP) is 2.73. The molecule has 2 aromatic rings. The highest BCUT2D eigenvalue weighted by Crippen LogP contribution is 2.37. The van der Waals surface area contributed by atoms with Crippen LogP contribution in [0.15, 0.2) is 18.2 Å². The number of rotatable bonds is 3. The molecule has 0 saturated carbocycles. The highest BCUT2D eigenvalue weighted by Gasteiger charge is 2.35. The van der Waals surface area contributed by atoms with Gasteiger partial charge in [-0.15, -0.1) is 0 Å². The second-order valence-electron chi connectivity index (χ2n) is 7.83. The molecule has 0 radical (unpaired) electrons. The third-order valence-electron chi connectivity index (χ3n) is 5.57. The Hall–Kier alpha value is -3.16. The fourth-order valence-electron chi connectivity index (χ4n) is 3.93. The number of benzene rings is 1. The van der Waals surface area contributed by atoms with Crippen molar-refractivity contribution in [3.63, 3.8) is 0 Å². The Labute approximate surface area is 169 Å². The molecule has 8 nitrogen and oxygen atoms in total. The number of aromatic nitrogens is 2. The number of nitrogen functional groups attached to an aromatic ring is 1. The summed E-state index contributed by atoms with van der Waals surface area (Å²) in [5.74, 6) is -0.157. The number of carbonyl (C=O) groups excluding carboxylic acids is 2. The molecule has 29 heavy (non-hydrogen) atoms. The first-order valence-electron chi connectivity index (χ1n) is 10.0. The van der Waals surface area contributed by atoms with Gasteiger partial charge >= 0.3 is 0 Å². The average molecular weight is 394 g/mol. The van der Waals surface area contributed by atoms with E-state index in [1.807, 2.05) is 32.0 Å². The smallest absolute Gasteiger partial charge is 0.232 e. The van der Waals surface area contributed by atoms with E-state index < -0.39 is 5.92 Å². The van der Waals surface area contributed by atoms with Crippen molar-refractivity contribution in [3.05, 3.63) is 34.9 Å². The van der Waals surface area contributed by atoms with Crippen LogP contribution in [0.25, 0.3) is 0 Å². The van der Waals surface area contributed by atoms with Gasteiger partial charge in [0.25, 0.3) is 0 Å².